The lowest BCUT2D eigenvalue weighted by molar-refractivity contribution is -0.123. The highest BCUT2D eigenvalue weighted by Crippen LogP contribution is 2.36. The Morgan fingerprint density at radius 2 is 2.00 bits per heavy atom. The van der Waals surface area contributed by atoms with Gasteiger partial charge in [-0.05, 0) is 62.9 Å². The number of hydrogen-bond donors (Lipinski definition) is 2. The zero-order chi connectivity index (χ0) is 23.9. The van der Waals surface area contributed by atoms with E-state index in [4.69, 9.17) is 16.3 Å². The average molecular weight is 492 g/mol. The summed E-state index contributed by atoms with van der Waals surface area (Å²) in [5, 5.41) is 5.99. The predicted molar refractivity (Wildman–Crippen MR) is 126 cm³/mol. The molecule has 2 heterocycles. The summed E-state index contributed by atoms with van der Waals surface area (Å²) in [7, 11) is -3.88. The Morgan fingerprint density at radius 3 is 2.73 bits per heavy atom. The van der Waals surface area contributed by atoms with Crippen molar-refractivity contribution in [3.63, 3.8) is 0 Å². The second kappa shape index (κ2) is 8.96. The van der Waals surface area contributed by atoms with E-state index in [0.717, 1.165) is 5.56 Å². The van der Waals surface area contributed by atoms with Crippen molar-refractivity contribution in [1.82, 2.24) is 4.31 Å². The van der Waals surface area contributed by atoms with Gasteiger partial charge in [-0.15, -0.1) is 0 Å². The Balaban J connectivity index is 1.54. The van der Waals surface area contributed by atoms with Crippen LogP contribution in [-0.4, -0.2) is 43.7 Å². The number of carbonyl (C=O) groups excluding carboxylic acids is 2. The predicted octanol–water partition coefficient (Wildman–Crippen LogP) is 3.72. The number of anilines is 2. The maximum absolute atomic E-state index is 13.5. The van der Waals surface area contributed by atoms with Crippen LogP contribution in [0.1, 0.15) is 30.9 Å². The summed E-state index contributed by atoms with van der Waals surface area (Å²) in [5.74, 6) is -0.732. The highest BCUT2D eigenvalue weighted by molar-refractivity contribution is 7.89. The number of carbonyl (C=O) groups is 2. The lowest BCUT2D eigenvalue weighted by atomic mass is 9.98. The number of halogens is 1. The molecule has 0 aromatic heterocycles. The van der Waals surface area contributed by atoms with E-state index in [2.05, 4.69) is 10.6 Å². The Morgan fingerprint density at radius 1 is 1.24 bits per heavy atom. The minimum Gasteiger partial charge on any atom is -0.479 e. The van der Waals surface area contributed by atoms with Crippen molar-refractivity contribution in [2.45, 2.75) is 44.6 Å². The number of ether oxygens (including phenoxy) is 1. The first-order chi connectivity index (χ1) is 15.6. The number of nitrogens with zero attached hydrogens (tertiary/aromatic N) is 1. The molecule has 10 heteroatoms. The molecule has 176 valence electrons. The Bertz CT molecular complexity index is 1230. The monoisotopic (exact) mass is 491 g/mol. The SMILES string of the molecule is Cc1ccc(NC(=O)C2CCCN(S(=O)(=O)c3cc4c(cc3C)NC(=O)C(C)O4)C2)c(Cl)c1. The summed E-state index contributed by atoms with van der Waals surface area (Å²) in [6.45, 7) is 5.57. The van der Waals surface area contributed by atoms with Gasteiger partial charge in [0.2, 0.25) is 15.9 Å². The molecule has 0 radical (unpaired) electrons. The van der Waals surface area contributed by atoms with Crippen molar-refractivity contribution in [3.8, 4) is 5.75 Å². The van der Waals surface area contributed by atoms with E-state index in [1.807, 2.05) is 13.0 Å². The lowest BCUT2D eigenvalue weighted by Gasteiger charge is -2.32. The number of nitrogens with one attached hydrogen (secondary N) is 2. The zero-order valence-corrected chi connectivity index (χ0v) is 20.2. The number of hydrogen-bond acceptors (Lipinski definition) is 5. The standard InChI is InChI=1S/C23H26ClN3O5S/c1-13-6-7-18(17(24)9-13)25-23(29)16-5-4-8-27(12-16)33(30,31)21-11-20-19(10-14(21)2)26-22(28)15(3)32-20/h6-7,9-11,15-16H,4-5,8,12H2,1-3H3,(H,25,29)(H,26,28). The van der Waals surface area contributed by atoms with Crippen LogP contribution in [0.4, 0.5) is 11.4 Å². The van der Waals surface area contributed by atoms with E-state index in [-0.39, 0.29) is 23.3 Å². The number of piperidine rings is 1. The van der Waals surface area contributed by atoms with Crippen molar-refractivity contribution in [2.75, 3.05) is 23.7 Å². The van der Waals surface area contributed by atoms with Crippen molar-refractivity contribution in [1.29, 1.82) is 0 Å². The molecule has 2 amide bonds. The van der Waals surface area contributed by atoms with Gasteiger partial charge >= 0.3 is 0 Å². The normalized spacial score (nSPS) is 21.0. The van der Waals surface area contributed by atoms with Gasteiger partial charge in [0.1, 0.15) is 5.75 Å². The van der Waals surface area contributed by atoms with Gasteiger partial charge in [0.15, 0.2) is 6.10 Å². The molecule has 2 aliphatic rings. The molecular formula is C23H26ClN3O5S. The van der Waals surface area contributed by atoms with E-state index in [9.17, 15) is 18.0 Å². The molecule has 2 atom stereocenters. The van der Waals surface area contributed by atoms with Crippen LogP contribution in [0.5, 0.6) is 5.75 Å². The minimum absolute atomic E-state index is 0.0716. The van der Waals surface area contributed by atoms with Gasteiger partial charge in [-0.1, -0.05) is 17.7 Å². The molecule has 0 spiro atoms. The summed E-state index contributed by atoms with van der Waals surface area (Å²) in [6.07, 6.45) is 0.427. The number of benzene rings is 2. The molecule has 0 aliphatic carbocycles. The fourth-order valence-corrected chi connectivity index (χ4v) is 6.12. The maximum Gasteiger partial charge on any atom is 0.265 e. The van der Waals surface area contributed by atoms with Crippen LogP contribution in [0.15, 0.2) is 35.2 Å². The molecule has 2 unspecified atom stereocenters. The van der Waals surface area contributed by atoms with Gasteiger partial charge in [0.25, 0.3) is 5.91 Å². The Labute approximate surface area is 198 Å². The van der Waals surface area contributed by atoms with Crippen LogP contribution in [0, 0.1) is 19.8 Å². The number of fused-ring (bicyclic) bond motifs is 1. The van der Waals surface area contributed by atoms with E-state index in [1.54, 1.807) is 32.0 Å². The lowest BCUT2D eigenvalue weighted by Crippen LogP contribution is -2.44. The van der Waals surface area contributed by atoms with Crippen LogP contribution >= 0.6 is 11.6 Å². The summed E-state index contributed by atoms with van der Waals surface area (Å²) in [4.78, 5) is 24.8. The van der Waals surface area contributed by atoms with Gasteiger partial charge in [0.05, 0.1) is 27.2 Å². The highest BCUT2D eigenvalue weighted by atomic mass is 35.5. The van der Waals surface area contributed by atoms with Gasteiger partial charge < -0.3 is 15.4 Å². The number of amides is 2. The van der Waals surface area contributed by atoms with Crippen LogP contribution in [0.2, 0.25) is 5.02 Å². The van der Waals surface area contributed by atoms with Gasteiger partial charge in [-0.3, -0.25) is 9.59 Å². The van der Waals surface area contributed by atoms with E-state index >= 15 is 0 Å². The number of aryl methyl sites for hydroxylation is 2. The first kappa shape index (κ1) is 23.5. The molecule has 4 rings (SSSR count). The summed E-state index contributed by atoms with van der Waals surface area (Å²) in [6, 6.07) is 8.40. The molecule has 0 bridgehead atoms. The van der Waals surface area contributed by atoms with Crippen LogP contribution in [0.25, 0.3) is 0 Å². The molecule has 0 saturated carbocycles. The van der Waals surface area contributed by atoms with Crippen molar-refractivity contribution in [3.05, 3.63) is 46.5 Å². The fraction of sp³-hybridized carbons (Fsp3) is 0.391. The molecule has 33 heavy (non-hydrogen) atoms. The third-order valence-electron chi connectivity index (χ3n) is 5.96. The number of sulfonamides is 1. The molecular weight excluding hydrogens is 466 g/mol. The molecule has 1 saturated heterocycles. The third-order valence-corrected chi connectivity index (χ3v) is 8.28. The average Bonchev–Trinajstić information content (AvgIpc) is 2.76. The summed E-state index contributed by atoms with van der Waals surface area (Å²) in [5.41, 5.74) is 2.42. The molecule has 2 N–H and O–H groups in total. The third kappa shape index (κ3) is 4.71. The van der Waals surface area contributed by atoms with Crippen molar-refractivity contribution in [2.24, 2.45) is 5.92 Å². The minimum atomic E-state index is -3.88. The second-order valence-electron chi connectivity index (χ2n) is 8.54. The van der Waals surface area contributed by atoms with Crippen molar-refractivity contribution < 1.29 is 22.7 Å². The topological polar surface area (TPSA) is 105 Å². The van der Waals surface area contributed by atoms with Gasteiger partial charge in [-0.25, -0.2) is 8.42 Å². The Kier molecular flexibility index (Phi) is 6.39. The molecule has 2 aromatic carbocycles. The molecule has 2 aromatic rings. The summed E-state index contributed by atoms with van der Waals surface area (Å²) >= 11 is 6.23. The van der Waals surface area contributed by atoms with E-state index < -0.39 is 22.0 Å². The smallest absolute Gasteiger partial charge is 0.265 e. The summed E-state index contributed by atoms with van der Waals surface area (Å²) < 4.78 is 33.9. The first-order valence-corrected chi connectivity index (χ1v) is 12.6. The van der Waals surface area contributed by atoms with Crippen LogP contribution < -0.4 is 15.4 Å². The van der Waals surface area contributed by atoms with Crippen LogP contribution in [0.3, 0.4) is 0 Å². The van der Waals surface area contributed by atoms with Crippen LogP contribution in [-0.2, 0) is 19.6 Å². The molecule has 8 nitrogen and oxygen atoms in total. The molecule has 1 fully saturated rings. The van der Waals surface area contributed by atoms with Gasteiger partial charge in [0, 0.05) is 19.2 Å². The van der Waals surface area contributed by atoms with Gasteiger partial charge in [-0.2, -0.15) is 4.31 Å². The molecule has 2 aliphatic heterocycles. The Hall–Kier alpha value is -2.62. The zero-order valence-electron chi connectivity index (χ0n) is 18.6. The number of rotatable bonds is 4. The maximum atomic E-state index is 13.5. The quantitative estimate of drug-likeness (QED) is 0.678. The highest BCUT2D eigenvalue weighted by Gasteiger charge is 2.35. The fourth-order valence-electron chi connectivity index (χ4n) is 4.09. The van der Waals surface area contributed by atoms with E-state index in [1.165, 1.54) is 10.4 Å². The van der Waals surface area contributed by atoms with E-state index in [0.29, 0.717) is 47.1 Å². The largest absolute Gasteiger partial charge is 0.479 e. The second-order valence-corrected chi connectivity index (χ2v) is 10.9. The van der Waals surface area contributed by atoms with Crippen molar-refractivity contribution >= 4 is 44.8 Å². The first-order valence-electron chi connectivity index (χ1n) is 10.8.